The van der Waals surface area contributed by atoms with Crippen LogP contribution in [0.25, 0.3) is 0 Å². The van der Waals surface area contributed by atoms with Gasteiger partial charge in [-0.25, -0.2) is 0 Å². The Morgan fingerprint density at radius 1 is 1.17 bits per heavy atom. The third-order valence-corrected chi connectivity index (χ3v) is 5.43. The van der Waals surface area contributed by atoms with E-state index in [0.717, 1.165) is 17.5 Å². The van der Waals surface area contributed by atoms with Crippen molar-refractivity contribution in [2.75, 3.05) is 5.32 Å². The molecule has 24 heavy (non-hydrogen) atoms. The second-order valence-electron chi connectivity index (χ2n) is 6.14. The van der Waals surface area contributed by atoms with Gasteiger partial charge in [0.15, 0.2) is 0 Å². The minimum atomic E-state index is -0.342. The number of allylic oxidation sites excluding steroid dienone is 2. The molecular weight excluding hydrogens is 347 g/mol. The molecular formula is C18H14Cl2N2O2. The van der Waals surface area contributed by atoms with Crippen molar-refractivity contribution in [2.45, 2.75) is 18.4 Å². The van der Waals surface area contributed by atoms with Crippen LogP contribution in [0.2, 0.25) is 10.0 Å². The minimum Gasteiger partial charge on any atom is -0.372 e. The van der Waals surface area contributed by atoms with E-state index in [1.807, 2.05) is 12.1 Å². The normalized spacial score (nSPS) is 24.2. The van der Waals surface area contributed by atoms with Crippen LogP contribution in [0.5, 0.6) is 0 Å². The molecule has 1 heterocycles. The van der Waals surface area contributed by atoms with Gasteiger partial charge in [-0.2, -0.15) is 0 Å². The van der Waals surface area contributed by atoms with Gasteiger partial charge in [0.2, 0.25) is 0 Å². The molecule has 4 nitrogen and oxygen atoms in total. The van der Waals surface area contributed by atoms with Crippen LogP contribution in [0.15, 0.2) is 48.6 Å². The lowest BCUT2D eigenvalue weighted by atomic mass is 9.77. The lowest BCUT2D eigenvalue weighted by molar-refractivity contribution is -0.384. The van der Waals surface area contributed by atoms with Gasteiger partial charge >= 0.3 is 0 Å². The molecule has 0 fully saturated rings. The standard InChI is InChI=1S/C18H14Cl2N2O2/c19-10-7-8-14(15(20)9-10)17-12-4-1-3-11(12)13-5-2-6-16(22(23)24)18(13)21-17/h1-3,5-9,11-12,17,21H,4H2/t11-,12+,17-/m0/s1. The van der Waals surface area contributed by atoms with Crippen LogP contribution >= 0.6 is 23.2 Å². The number of para-hydroxylation sites is 1. The number of nitrogens with one attached hydrogen (secondary N) is 1. The fourth-order valence-electron chi connectivity index (χ4n) is 3.82. The molecule has 122 valence electrons. The van der Waals surface area contributed by atoms with Crippen LogP contribution in [0.1, 0.15) is 29.5 Å². The Balaban J connectivity index is 1.86. The molecule has 6 heteroatoms. The highest BCUT2D eigenvalue weighted by molar-refractivity contribution is 6.35. The van der Waals surface area contributed by atoms with Gasteiger partial charge in [0.05, 0.1) is 11.0 Å². The van der Waals surface area contributed by atoms with E-state index in [2.05, 4.69) is 17.5 Å². The number of nitro groups is 1. The molecule has 0 amide bonds. The van der Waals surface area contributed by atoms with E-state index in [9.17, 15) is 10.1 Å². The Labute approximate surface area is 149 Å². The molecule has 1 aliphatic heterocycles. The Morgan fingerprint density at radius 2 is 2.00 bits per heavy atom. The van der Waals surface area contributed by atoms with E-state index in [-0.39, 0.29) is 28.5 Å². The maximum atomic E-state index is 11.4. The molecule has 0 bridgehead atoms. The van der Waals surface area contributed by atoms with E-state index in [0.29, 0.717) is 15.7 Å². The van der Waals surface area contributed by atoms with E-state index >= 15 is 0 Å². The van der Waals surface area contributed by atoms with Gasteiger partial charge in [-0.3, -0.25) is 10.1 Å². The summed E-state index contributed by atoms with van der Waals surface area (Å²) in [5.74, 6) is 0.427. The number of halogens is 2. The maximum Gasteiger partial charge on any atom is 0.292 e. The molecule has 1 N–H and O–H groups in total. The zero-order chi connectivity index (χ0) is 16.8. The second-order valence-corrected chi connectivity index (χ2v) is 6.98. The van der Waals surface area contributed by atoms with Crippen molar-refractivity contribution in [1.29, 1.82) is 0 Å². The summed E-state index contributed by atoms with van der Waals surface area (Å²) >= 11 is 12.4. The van der Waals surface area contributed by atoms with Gasteiger partial charge in [0.25, 0.3) is 5.69 Å². The molecule has 0 aromatic heterocycles. The first kappa shape index (κ1) is 15.5. The van der Waals surface area contributed by atoms with Gasteiger partial charge in [0, 0.05) is 22.0 Å². The van der Waals surface area contributed by atoms with E-state index in [4.69, 9.17) is 23.2 Å². The first-order valence-electron chi connectivity index (χ1n) is 7.71. The summed E-state index contributed by atoms with van der Waals surface area (Å²) in [6.45, 7) is 0. The summed E-state index contributed by atoms with van der Waals surface area (Å²) in [6, 6.07) is 10.6. The van der Waals surface area contributed by atoms with E-state index < -0.39 is 0 Å². The molecule has 2 aromatic rings. The zero-order valence-electron chi connectivity index (χ0n) is 12.6. The SMILES string of the molecule is O=[N+]([O-])c1cccc2c1N[C@H](c1ccc(Cl)cc1Cl)[C@@H]1CC=C[C@H]21. The molecule has 0 radical (unpaired) electrons. The van der Waals surface area contributed by atoms with Crippen LogP contribution in [-0.2, 0) is 0 Å². The third kappa shape index (κ3) is 2.38. The number of benzene rings is 2. The largest absolute Gasteiger partial charge is 0.372 e. The van der Waals surface area contributed by atoms with Gasteiger partial charge in [-0.1, -0.05) is 53.6 Å². The average Bonchev–Trinajstić information content (AvgIpc) is 3.03. The highest BCUT2D eigenvalue weighted by Crippen LogP contribution is 2.52. The Morgan fingerprint density at radius 3 is 2.75 bits per heavy atom. The van der Waals surface area contributed by atoms with Gasteiger partial charge in [0.1, 0.15) is 5.69 Å². The van der Waals surface area contributed by atoms with Gasteiger partial charge < -0.3 is 5.32 Å². The maximum absolute atomic E-state index is 11.4. The number of rotatable bonds is 2. The number of hydrogen-bond donors (Lipinski definition) is 1. The summed E-state index contributed by atoms with van der Waals surface area (Å²) in [4.78, 5) is 11.1. The van der Waals surface area contributed by atoms with Crippen LogP contribution in [0.3, 0.4) is 0 Å². The summed E-state index contributed by atoms with van der Waals surface area (Å²) in [5.41, 5.74) is 2.58. The van der Waals surface area contributed by atoms with Crippen LogP contribution in [0, 0.1) is 16.0 Å². The number of nitro benzene ring substituents is 1. The number of nitrogens with zero attached hydrogens (tertiary/aromatic N) is 1. The highest BCUT2D eigenvalue weighted by atomic mass is 35.5. The Hall–Kier alpha value is -2.04. The number of anilines is 1. The van der Waals surface area contributed by atoms with Crippen molar-refractivity contribution in [2.24, 2.45) is 5.92 Å². The quantitative estimate of drug-likeness (QED) is 0.422. The molecule has 0 spiro atoms. The zero-order valence-corrected chi connectivity index (χ0v) is 14.1. The van der Waals surface area contributed by atoms with Crippen LogP contribution in [0.4, 0.5) is 11.4 Å². The van der Waals surface area contributed by atoms with Crippen molar-refractivity contribution < 1.29 is 4.92 Å². The van der Waals surface area contributed by atoms with Gasteiger partial charge in [-0.05, 0) is 35.6 Å². The molecule has 4 rings (SSSR count). The van der Waals surface area contributed by atoms with E-state index in [1.54, 1.807) is 18.2 Å². The smallest absolute Gasteiger partial charge is 0.292 e. The third-order valence-electron chi connectivity index (χ3n) is 4.87. The van der Waals surface area contributed by atoms with Crippen LogP contribution in [-0.4, -0.2) is 4.92 Å². The van der Waals surface area contributed by atoms with E-state index in [1.165, 1.54) is 6.07 Å². The average molecular weight is 361 g/mol. The monoisotopic (exact) mass is 360 g/mol. The highest BCUT2D eigenvalue weighted by Gasteiger charge is 2.40. The molecule has 3 atom stereocenters. The molecule has 2 aliphatic rings. The summed E-state index contributed by atoms with van der Waals surface area (Å²) < 4.78 is 0. The summed E-state index contributed by atoms with van der Waals surface area (Å²) in [5, 5.41) is 16.0. The van der Waals surface area contributed by atoms with Crippen molar-refractivity contribution in [3.63, 3.8) is 0 Å². The fraction of sp³-hybridized carbons (Fsp3) is 0.222. The molecule has 0 saturated carbocycles. The van der Waals surface area contributed by atoms with Crippen LogP contribution < -0.4 is 5.32 Å². The van der Waals surface area contributed by atoms with Gasteiger partial charge in [-0.15, -0.1) is 0 Å². The fourth-order valence-corrected chi connectivity index (χ4v) is 4.34. The lowest BCUT2D eigenvalue weighted by Crippen LogP contribution is -2.29. The molecule has 0 saturated heterocycles. The summed E-state index contributed by atoms with van der Waals surface area (Å²) in [7, 11) is 0. The first-order chi connectivity index (χ1) is 11.6. The van der Waals surface area contributed by atoms with Crippen molar-refractivity contribution >= 4 is 34.6 Å². The Bertz CT molecular complexity index is 866. The first-order valence-corrected chi connectivity index (χ1v) is 8.47. The predicted octanol–water partition coefficient (Wildman–Crippen LogP) is 5.73. The second kappa shape index (κ2) is 5.80. The number of hydrogen-bond acceptors (Lipinski definition) is 3. The Kier molecular flexibility index (Phi) is 3.74. The number of fused-ring (bicyclic) bond motifs is 3. The van der Waals surface area contributed by atoms with Crippen molar-refractivity contribution in [3.05, 3.63) is 79.8 Å². The molecule has 1 aliphatic carbocycles. The molecule has 2 aromatic carbocycles. The predicted molar refractivity (Wildman–Crippen MR) is 95.9 cm³/mol. The van der Waals surface area contributed by atoms with Crippen molar-refractivity contribution in [3.8, 4) is 0 Å². The minimum absolute atomic E-state index is 0.0941. The summed E-state index contributed by atoms with van der Waals surface area (Å²) in [6.07, 6.45) is 5.19. The topological polar surface area (TPSA) is 55.2 Å². The lowest BCUT2D eigenvalue weighted by Gasteiger charge is -2.37. The molecule has 0 unspecified atom stereocenters. The van der Waals surface area contributed by atoms with Crippen molar-refractivity contribution in [1.82, 2.24) is 0 Å².